The predicted octanol–water partition coefficient (Wildman–Crippen LogP) is 3.01. The van der Waals surface area contributed by atoms with Crippen molar-refractivity contribution in [1.82, 2.24) is 0 Å². The van der Waals surface area contributed by atoms with Crippen LogP contribution in [-0.4, -0.2) is 17.1 Å². The second-order valence-corrected chi connectivity index (χ2v) is 4.54. The molecule has 1 saturated carbocycles. The van der Waals surface area contributed by atoms with Crippen LogP contribution in [0.5, 0.6) is 0 Å². The Hall–Kier alpha value is -1.22. The monoisotopic (exact) mass is 239 g/mol. The highest BCUT2D eigenvalue weighted by Gasteiger charge is 2.32. The number of carboxylic acid groups (broad SMARTS) is 1. The summed E-state index contributed by atoms with van der Waals surface area (Å²) in [5, 5.41) is 12.7. The lowest BCUT2D eigenvalue weighted by molar-refractivity contribution is -0.139. The predicted molar refractivity (Wildman–Crippen MR) is 63.8 cm³/mol. The highest BCUT2D eigenvalue weighted by Crippen LogP contribution is 2.32. The Labute approximate surface area is 99.4 Å². The van der Waals surface area contributed by atoms with Crippen molar-refractivity contribution in [3.63, 3.8) is 0 Å². The van der Waals surface area contributed by atoms with E-state index in [1.165, 1.54) is 0 Å². The lowest BCUT2D eigenvalue weighted by Gasteiger charge is -2.32. The molecule has 0 radical (unpaired) electrons. The highest BCUT2D eigenvalue weighted by molar-refractivity contribution is 6.33. The second kappa shape index (κ2) is 4.74. The third-order valence-corrected chi connectivity index (χ3v) is 3.40. The molecule has 0 spiro atoms. The summed E-state index contributed by atoms with van der Waals surface area (Å²) in [5.41, 5.74) is 0.698. The van der Waals surface area contributed by atoms with Gasteiger partial charge in [-0.3, -0.25) is 0 Å². The topological polar surface area (TPSA) is 49.3 Å². The van der Waals surface area contributed by atoms with Crippen molar-refractivity contribution in [2.24, 2.45) is 5.92 Å². The molecular weight excluding hydrogens is 226 g/mol. The van der Waals surface area contributed by atoms with Crippen LogP contribution in [0.3, 0.4) is 0 Å². The van der Waals surface area contributed by atoms with Crippen LogP contribution in [0.15, 0.2) is 24.3 Å². The summed E-state index contributed by atoms with van der Waals surface area (Å²) in [7, 11) is 0. The summed E-state index contributed by atoms with van der Waals surface area (Å²) in [6, 6.07) is 6.70. The van der Waals surface area contributed by atoms with Crippen molar-refractivity contribution in [3.8, 4) is 0 Å². The van der Waals surface area contributed by atoms with Crippen LogP contribution >= 0.6 is 11.6 Å². The molecule has 0 saturated heterocycles. The van der Waals surface area contributed by atoms with Gasteiger partial charge in [0, 0.05) is 0 Å². The van der Waals surface area contributed by atoms with Crippen LogP contribution in [0.4, 0.5) is 5.69 Å². The van der Waals surface area contributed by atoms with Crippen LogP contribution in [0.25, 0.3) is 0 Å². The van der Waals surface area contributed by atoms with Crippen molar-refractivity contribution in [2.75, 3.05) is 5.32 Å². The van der Waals surface area contributed by atoms with Gasteiger partial charge in [-0.2, -0.15) is 0 Å². The zero-order valence-electron chi connectivity index (χ0n) is 8.82. The van der Waals surface area contributed by atoms with Crippen molar-refractivity contribution in [1.29, 1.82) is 0 Å². The molecule has 0 aliphatic heterocycles. The Morgan fingerprint density at radius 3 is 2.62 bits per heavy atom. The smallest absolute Gasteiger partial charge is 0.326 e. The SMILES string of the molecule is O=C(O)C(Nc1ccccc1Cl)C1CCC1. The first-order valence-corrected chi connectivity index (χ1v) is 5.80. The minimum Gasteiger partial charge on any atom is -0.480 e. The number of carboxylic acids is 1. The fourth-order valence-corrected chi connectivity index (χ4v) is 2.09. The van der Waals surface area contributed by atoms with E-state index in [9.17, 15) is 4.79 Å². The number of carbonyl (C=O) groups is 1. The Morgan fingerprint density at radius 2 is 2.12 bits per heavy atom. The number of nitrogens with one attached hydrogen (secondary N) is 1. The summed E-state index contributed by atoms with van der Waals surface area (Å²) in [6.45, 7) is 0. The average molecular weight is 240 g/mol. The third-order valence-electron chi connectivity index (χ3n) is 3.07. The second-order valence-electron chi connectivity index (χ2n) is 4.13. The Bertz CT molecular complexity index is 390. The quantitative estimate of drug-likeness (QED) is 0.849. The number of hydrogen-bond acceptors (Lipinski definition) is 2. The van der Waals surface area contributed by atoms with Gasteiger partial charge in [-0.25, -0.2) is 4.79 Å². The fraction of sp³-hybridized carbons (Fsp3) is 0.417. The van der Waals surface area contributed by atoms with Crippen LogP contribution < -0.4 is 5.32 Å². The minimum atomic E-state index is -0.801. The maximum absolute atomic E-state index is 11.1. The zero-order valence-corrected chi connectivity index (χ0v) is 9.57. The van der Waals surface area contributed by atoms with Crippen LogP contribution in [-0.2, 0) is 4.79 Å². The molecule has 0 bridgehead atoms. The first-order valence-electron chi connectivity index (χ1n) is 5.42. The number of aliphatic carboxylic acids is 1. The molecule has 1 unspecified atom stereocenters. The number of para-hydroxylation sites is 1. The van der Waals surface area contributed by atoms with E-state index >= 15 is 0 Å². The molecule has 1 aliphatic carbocycles. The molecule has 2 rings (SSSR count). The zero-order chi connectivity index (χ0) is 11.5. The molecule has 4 heteroatoms. The minimum absolute atomic E-state index is 0.230. The first-order chi connectivity index (χ1) is 7.68. The summed E-state index contributed by atoms with van der Waals surface area (Å²) >= 11 is 5.98. The van der Waals surface area contributed by atoms with Gasteiger partial charge >= 0.3 is 5.97 Å². The van der Waals surface area contributed by atoms with E-state index in [0.29, 0.717) is 10.7 Å². The van der Waals surface area contributed by atoms with Gasteiger partial charge in [0.15, 0.2) is 0 Å². The van der Waals surface area contributed by atoms with Gasteiger partial charge in [0.2, 0.25) is 0 Å². The van der Waals surface area contributed by atoms with E-state index in [0.717, 1.165) is 19.3 Å². The molecule has 1 aromatic rings. The largest absolute Gasteiger partial charge is 0.480 e. The molecule has 1 atom stereocenters. The normalized spacial score (nSPS) is 17.6. The van der Waals surface area contributed by atoms with E-state index in [2.05, 4.69) is 5.32 Å². The molecule has 0 aromatic heterocycles. The van der Waals surface area contributed by atoms with E-state index in [1.807, 2.05) is 12.1 Å². The molecular formula is C12H14ClNO2. The molecule has 1 aromatic carbocycles. The van der Waals surface area contributed by atoms with Crippen molar-refractivity contribution >= 4 is 23.3 Å². The van der Waals surface area contributed by atoms with E-state index in [-0.39, 0.29) is 5.92 Å². The third kappa shape index (κ3) is 2.30. The number of hydrogen-bond donors (Lipinski definition) is 2. The van der Waals surface area contributed by atoms with Gasteiger partial charge in [0.05, 0.1) is 10.7 Å². The molecule has 86 valence electrons. The molecule has 0 amide bonds. The highest BCUT2D eigenvalue weighted by atomic mass is 35.5. The number of benzene rings is 1. The molecule has 0 heterocycles. The van der Waals surface area contributed by atoms with Gasteiger partial charge in [-0.05, 0) is 30.9 Å². The van der Waals surface area contributed by atoms with Crippen molar-refractivity contribution in [3.05, 3.63) is 29.3 Å². The van der Waals surface area contributed by atoms with E-state index < -0.39 is 12.0 Å². The molecule has 1 aliphatic rings. The lowest BCUT2D eigenvalue weighted by Crippen LogP contribution is -2.40. The average Bonchev–Trinajstić information content (AvgIpc) is 2.17. The van der Waals surface area contributed by atoms with Crippen LogP contribution in [0, 0.1) is 5.92 Å². The summed E-state index contributed by atoms with van der Waals surface area (Å²) in [5.74, 6) is -0.571. The first kappa shape index (κ1) is 11.3. The molecule has 1 fully saturated rings. The fourth-order valence-electron chi connectivity index (χ4n) is 1.90. The maximum atomic E-state index is 11.1. The molecule has 3 nitrogen and oxygen atoms in total. The lowest BCUT2D eigenvalue weighted by atomic mass is 9.79. The van der Waals surface area contributed by atoms with Crippen LogP contribution in [0.2, 0.25) is 5.02 Å². The Balaban J connectivity index is 2.11. The number of halogens is 1. The van der Waals surface area contributed by atoms with Gasteiger partial charge in [0.25, 0.3) is 0 Å². The van der Waals surface area contributed by atoms with Gasteiger partial charge in [0.1, 0.15) is 6.04 Å². The van der Waals surface area contributed by atoms with E-state index in [4.69, 9.17) is 16.7 Å². The van der Waals surface area contributed by atoms with Gasteiger partial charge in [-0.15, -0.1) is 0 Å². The summed E-state index contributed by atoms with van der Waals surface area (Å²) in [4.78, 5) is 11.1. The van der Waals surface area contributed by atoms with Crippen molar-refractivity contribution in [2.45, 2.75) is 25.3 Å². The number of rotatable bonds is 4. The van der Waals surface area contributed by atoms with Gasteiger partial charge in [-0.1, -0.05) is 30.2 Å². The Morgan fingerprint density at radius 1 is 1.44 bits per heavy atom. The molecule has 2 N–H and O–H groups in total. The van der Waals surface area contributed by atoms with Gasteiger partial charge < -0.3 is 10.4 Å². The maximum Gasteiger partial charge on any atom is 0.326 e. The van der Waals surface area contributed by atoms with Crippen LogP contribution in [0.1, 0.15) is 19.3 Å². The number of anilines is 1. The summed E-state index contributed by atoms with van der Waals surface area (Å²) < 4.78 is 0. The Kier molecular flexibility index (Phi) is 3.34. The summed E-state index contributed by atoms with van der Waals surface area (Å²) in [6.07, 6.45) is 3.08. The molecule has 16 heavy (non-hydrogen) atoms. The van der Waals surface area contributed by atoms with E-state index in [1.54, 1.807) is 12.1 Å². The standard InChI is InChI=1S/C12H14ClNO2/c13-9-6-1-2-7-10(9)14-11(12(15)16)8-4-3-5-8/h1-2,6-8,11,14H,3-5H2,(H,15,16). The van der Waals surface area contributed by atoms with Crippen molar-refractivity contribution < 1.29 is 9.90 Å².